The first kappa shape index (κ1) is 7.89. The van der Waals surface area contributed by atoms with Gasteiger partial charge in [-0.25, -0.2) is 0 Å². The van der Waals surface area contributed by atoms with Gasteiger partial charge in [0.05, 0.1) is 11.8 Å². The summed E-state index contributed by atoms with van der Waals surface area (Å²) in [6.45, 7) is 0. The summed E-state index contributed by atoms with van der Waals surface area (Å²) in [5.74, 6) is -1.13. The standard InChI is InChI=1S/C7H7F3O2/c8-7(9,10)6-2-5(6,3-6)1-4(11)12/h1-3H2,(H,11,12). The smallest absolute Gasteiger partial charge is 0.395 e. The molecule has 2 aliphatic rings. The molecular weight excluding hydrogens is 173 g/mol. The average molecular weight is 180 g/mol. The van der Waals surface area contributed by atoms with Gasteiger partial charge >= 0.3 is 12.1 Å². The number of carbonyl (C=O) groups is 1. The Morgan fingerprint density at radius 1 is 1.42 bits per heavy atom. The van der Waals surface area contributed by atoms with Crippen molar-refractivity contribution in [1.29, 1.82) is 0 Å². The summed E-state index contributed by atoms with van der Waals surface area (Å²) >= 11 is 0. The van der Waals surface area contributed by atoms with Gasteiger partial charge in [0.15, 0.2) is 0 Å². The molecule has 2 fully saturated rings. The van der Waals surface area contributed by atoms with E-state index in [4.69, 9.17) is 5.11 Å². The Labute approximate surface area is 66.4 Å². The van der Waals surface area contributed by atoms with Crippen LogP contribution in [0, 0.1) is 10.8 Å². The van der Waals surface area contributed by atoms with Crippen LogP contribution >= 0.6 is 0 Å². The van der Waals surface area contributed by atoms with E-state index in [-0.39, 0.29) is 19.3 Å². The summed E-state index contributed by atoms with van der Waals surface area (Å²) in [5.41, 5.74) is -2.50. The zero-order valence-corrected chi connectivity index (χ0v) is 6.11. The predicted octanol–water partition coefficient (Wildman–Crippen LogP) is 1.80. The van der Waals surface area contributed by atoms with E-state index in [0.29, 0.717) is 0 Å². The molecule has 0 aromatic carbocycles. The molecule has 0 spiro atoms. The Hall–Kier alpha value is -0.740. The minimum Gasteiger partial charge on any atom is -0.481 e. The third-order valence-corrected chi connectivity index (χ3v) is 3.08. The molecule has 2 aliphatic carbocycles. The topological polar surface area (TPSA) is 37.3 Å². The van der Waals surface area contributed by atoms with Gasteiger partial charge in [-0.15, -0.1) is 0 Å². The molecule has 12 heavy (non-hydrogen) atoms. The van der Waals surface area contributed by atoms with Crippen LogP contribution in [0.4, 0.5) is 13.2 Å². The van der Waals surface area contributed by atoms with Gasteiger partial charge < -0.3 is 5.11 Å². The highest BCUT2D eigenvalue weighted by Crippen LogP contribution is 2.92. The van der Waals surface area contributed by atoms with Crippen molar-refractivity contribution in [2.24, 2.45) is 10.8 Å². The zero-order chi connectivity index (χ0) is 9.20. The fraction of sp³-hybridized carbons (Fsp3) is 0.857. The molecule has 0 saturated heterocycles. The van der Waals surface area contributed by atoms with E-state index < -0.39 is 23.0 Å². The van der Waals surface area contributed by atoms with Gasteiger partial charge in [-0.2, -0.15) is 13.2 Å². The van der Waals surface area contributed by atoms with Crippen LogP contribution < -0.4 is 0 Å². The number of carboxylic acids is 1. The molecule has 0 atom stereocenters. The van der Waals surface area contributed by atoms with Crippen molar-refractivity contribution < 1.29 is 23.1 Å². The van der Waals surface area contributed by atoms with Crippen molar-refractivity contribution in [2.45, 2.75) is 25.4 Å². The fourth-order valence-corrected chi connectivity index (χ4v) is 2.10. The van der Waals surface area contributed by atoms with E-state index in [1.807, 2.05) is 0 Å². The van der Waals surface area contributed by atoms with Crippen LogP contribution in [-0.4, -0.2) is 17.3 Å². The molecule has 0 heterocycles. The number of alkyl halides is 3. The Morgan fingerprint density at radius 2 is 1.92 bits per heavy atom. The summed E-state index contributed by atoms with van der Waals surface area (Å²) in [6, 6.07) is 0. The molecule has 5 heteroatoms. The highest BCUT2D eigenvalue weighted by molar-refractivity contribution is 5.70. The minimum absolute atomic E-state index is 0.0236. The van der Waals surface area contributed by atoms with Crippen molar-refractivity contribution in [2.75, 3.05) is 0 Å². The average Bonchev–Trinajstić information content (AvgIpc) is 2.45. The Balaban J connectivity index is 2.05. The monoisotopic (exact) mass is 180 g/mol. The van der Waals surface area contributed by atoms with Crippen molar-refractivity contribution >= 4 is 5.97 Å². The summed E-state index contributed by atoms with van der Waals surface area (Å²) < 4.78 is 36.5. The molecule has 0 aliphatic heterocycles. The van der Waals surface area contributed by atoms with E-state index in [1.165, 1.54) is 0 Å². The van der Waals surface area contributed by atoms with E-state index in [0.717, 1.165) is 0 Å². The fourth-order valence-electron chi connectivity index (χ4n) is 2.10. The van der Waals surface area contributed by atoms with Gasteiger partial charge in [0.1, 0.15) is 0 Å². The number of carboxylic acid groups (broad SMARTS) is 1. The maximum atomic E-state index is 12.2. The Morgan fingerprint density at radius 3 is 2.17 bits per heavy atom. The van der Waals surface area contributed by atoms with Crippen molar-refractivity contribution in [1.82, 2.24) is 0 Å². The first-order chi connectivity index (χ1) is 5.33. The van der Waals surface area contributed by atoms with E-state index in [1.54, 1.807) is 0 Å². The number of halogens is 3. The summed E-state index contributed by atoms with van der Waals surface area (Å²) in [6.07, 6.45) is -4.47. The van der Waals surface area contributed by atoms with Crippen LogP contribution in [-0.2, 0) is 4.79 Å². The van der Waals surface area contributed by atoms with Crippen molar-refractivity contribution in [3.8, 4) is 0 Å². The highest BCUT2D eigenvalue weighted by atomic mass is 19.4. The second kappa shape index (κ2) is 1.63. The molecule has 68 valence electrons. The number of rotatable bonds is 2. The molecule has 0 aromatic heterocycles. The molecule has 2 nitrogen and oxygen atoms in total. The Bertz CT molecular complexity index is 250. The van der Waals surface area contributed by atoms with Crippen LogP contribution in [0.15, 0.2) is 0 Å². The third kappa shape index (κ3) is 0.690. The van der Waals surface area contributed by atoms with Gasteiger partial charge in [-0.1, -0.05) is 0 Å². The highest BCUT2D eigenvalue weighted by Gasteiger charge is 2.93. The molecule has 0 bridgehead atoms. The molecular formula is C7H7F3O2. The molecule has 1 N–H and O–H groups in total. The van der Waals surface area contributed by atoms with Crippen molar-refractivity contribution in [3.63, 3.8) is 0 Å². The lowest BCUT2D eigenvalue weighted by Crippen LogP contribution is -2.16. The maximum absolute atomic E-state index is 12.2. The van der Waals surface area contributed by atoms with Gasteiger partial charge in [0.2, 0.25) is 0 Å². The number of hydrogen-bond acceptors (Lipinski definition) is 1. The van der Waals surface area contributed by atoms with Crippen molar-refractivity contribution in [3.05, 3.63) is 0 Å². The summed E-state index contributed by atoms with van der Waals surface area (Å²) in [7, 11) is 0. The lowest BCUT2D eigenvalue weighted by atomic mass is 10.1. The lowest BCUT2D eigenvalue weighted by molar-refractivity contribution is -0.168. The lowest BCUT2D eigenvalue weighted by Gasteiger charge is -2.06. The molecule has 2 saturated carbocycles. The molecule has 2 rings (SSSR count). The van der Waals surface area contributed by atoms with Gasteiger partial charge in [0, 0.05) is 0 Å². The molecule has 0 aromatic rings. The normalized spacial score (nSPS) is 43.6. The third-order valence-electron chi connectivity index (χ3n) is 3.08. The zero-order valence-electron chi connectivity index (χ0n) is 6.11. The van der Waals surface area contributed by atoms with Gasteiger partial charge in [-0.3, -0.25) is 4.79 Å². The Kier molecular flexibility index (Phi) is 1.07. The van der Waals surface area contributed by atoms with Crippen LogP contribution in [0.1, 0.15) is 19.3 Å². The SMILES string of the molecule is O=C(O)CC12CC1(C(F)(F)F)C2. The van der Waals surface area contributed by atoms with E-state index in [2.05, 4.69) is 0 Å². The second-order valence-corrected chi connectivity index (χ2v) is 3.78. The van der Waals surface area contributed by atoms with Gasteiger partial charge in [0.25, 0.3) is 0 Å². The largest absolute Gasteiger partial charge is 0.481 e. The maximum Gasteiger partial charge on any atom is 0.395 e. The first-order valence-corrected chi connectivity index (χ1v) is 3.62. The summed E-state index contributed by atoms with van der Waals surface area (Å²) in [4.78, 5) is 10.2. The summed E-state index contributed by atoms with van der Waals surface area (Å²) in [5, 5.41) is 8.33. The number of fused-ring (bicyclic) bond motifs is 1. The predicted molar refractivity (Wildman–Crippen MR) is 32.4 cm³/mol. The minimum atomic E-state index is -4.19. The first-order valence-electron chi connectivity index (χ1n) is 3.62. The number of aliphatic carboxylic acids is 1. The molecule has 0 unspecified atom stereocenters. The molecule has 0 amide bonds. The van der Waals surface area contributed by atoms with Crippen LogP contribution in [0.25, 0.3) is 0 Å². The van der Waals surface area contributed by atoms with Crippen LogP contribution in [0.3, 0.4) is 0 Å². The quantitative estimate of drug-likeness (QED) is 0.703. The second-order valence-electron chi connectivity index (χ2n) is 3.78. The molecule has 0 radical (unpaired) electrons. The van der Waals surface area contributed by atoms with E-state index >= 15 is 0 Å². The van der Waals surface area contributed by atoms with Crippen LogP contribution in [0.5, 0.6) is 0 Å². The van der Waals surface area contributed by atoms with Crippen LogP contribution in [0.2, 0.25) is 0 Å². The number of hydrogen-bond donors (Lipinski definition) is 1. The van der Waals surface area contributed by atoms with Gasteiger partial charge in [-0.05, 0) is 18.3 Å². The van der Waals surface area contributed by atoms with E-state index in [9.17, 15) is 18.0 Å².